The van der Waals surface area contributed by atoms with Crippen molar-refractivity contribution in [1.29, 1.82) is 5.41 Å². The molecule has 1 aromatic rings. The molecular weight excluding hydrogens is 518 g/mol. The van der Waals surface area contributed by atoms with Crippen LogP contribution in [-0.2, 0) is 35.2 Å². The topological polar surface area (TPSA) is 287 Å². The Bertz CT molecular complexity index is 1050. The highest BCUT2D eigenvalue weighted by Crippen LogP contribution is 2.06. The van der Waals surface area contributed by atoms with Gasteiger partial charge in [-0.1, -0.05) is 30.3 Å². The minimum atomic E-state index is -1.79. The van der Waals surface area contributed by atoms with Crippen LogP contribution in [0, 0.1) is 5.41 Å². The Morgan fingerprint density at radius 3 is 1.74 bits per heavy atom. The molecule has 0 spiro atoms. The highest BCUT2D eigenvalue weighted by atomic mass is 16.4. The number of amides is 3. The Labute approximate surface area is 223 Å². The molecule has 0 fully saturated rings. The monoisotopic (exact) mass is 551 g/mol. The zero-order chi connectivity index (χ0) is 29.5. The van der Waals surface area contributed by atoms with E-state index < -0.39 is 72.6 Å². The standard InChI is InChI=1S/C23H33N7O9/c24-13(7-4-8-27-23(25)26)19(35)28-14(10-17(31)32)20(36)29-15(11-18(33)34)21(37)30-16(22(38)39)9-12-5-2-1-3-6-12/h1-3,5-6,13-16H,4,7-11,24H2,(H,28,35)(H,29,36)(H,30,37)(H,31,32)(H,33,34)(H,38,39)(H4,25,26,27)/t13-,14-,15-,16-/m0/s1. The molecule has 0 aromatic heterocycles. The summed E-state index contributed by atoms with van der Waals surface area (Å²) in [5, 5.41) is 43.9. The number of carboxylic acid groups (broad SMARTS) is 3. The van der Waals surface area contributed by atoms with Gasteiger partial charge in [-0.2, -0.15) is 0 Å². The van der Waals surface area contributed by atoms with Gasteiger partial charge in [-0.15, -0.1) is 0 Å². The number of carbonyl (C=O) groups excluding carboxylic acids is 3. The fourth-order valence-corrected chi connectivity index (χ4v) is 3.32. The maximum absolute atomic E-state index is 12.8. The van der Waals surface area contributed by atoms with Crippen molar-refractivity contribution in [2.45, 2.75) is 56.3 Å². The Balaban J connectivity index is 2.94. The molecular formula is C23H33N7O9. The van der Waals surface area contributed by atoms with E-state index in [1.165, 1.54) is 0 Å². The number of nitrogens with one attached hydrogen (secondary N) is 5. The fourth-order valence-electron chi connectivity index (χ4n) is 3.32. The molecule has 0 saturated carbocycles. The van der Waals surface area contributed by atoms with Crippen LogP contribution in [0.2, 0.25) is 0 Å². The van der Waals surface area contributed by atoms with Gasteiger partial charge in [0.25, 0.3) is 0 Å². The molecule has 0 aliphatic heterocycles. The lowest BCUT2D eigenvalue weighted by molar-refractivity contribution is -0.145. The lowest BCUT2D eigenvalue weighted by Crippen LogP contribution is -2.58. The predicted octanol–water partition coefficient (Wildman–Crippen LogP) is -2.69. The predicted molar refractivity (Wildman–Crippen MR) is 135 cm³/mol. The van der Waals surface area contributed by atoms with E-state index in [9.17, 15) is 44.1 Å². The van der Waals surface area contributed by atoms with Crippen LogP contribution in [0.5, 0.6) is 0 Å². The average molecular weight is 552 g/mol. The Morgan fingerprint density at radius 1 is 0.795 bits per heavy atom. The summed E-state index contributed by atoms with van der Waals surface area (Å²) in [5.74, 6) is -7.88. The molecule has 16 heteroatoms. The first-order valence-corrected chi connectivity index (χ1v) is 11.7. The minimum Gasteiger partial charge on any atom is -0.481 e. The minimum absolute atomic E-state index is 0.0928. The molecule has 0 unspecified atom stereocenters. The van der Waals surface area contributed by atoms with Crippen LogP contribution < -0.4 is 32.7 Å². The molecule has 0 bridgehead atoms. The first-order valence-electron chi connectivity index (χ1n) is 11.7. The van der Waals surface area contributed by atoms with Gasteiger partial charge in [0.1, 0.15) is 18.1 Å². The highest BCUT2D eigenvalue weighted by molar-refractivity contribution is 5.96. The first kappa shape index (κ1) is 32.3. The zero-order valence-electron chi connectivity index (χ0n) is 20.9. The molecule has 0 aliphatic carbocycles. The van der Waals surface area contributed by atoms with Crippen LogP contribution in [0.1, 0.15) is 31.2 Å². The number of carbonyl (C=O) groups is 6. The molecule has 39 heavy (non-hydrogen) atoms. The van der Waals surface area contributed by atoms with E-state index in [0.29, 0.717) is 12.0 Å². The lowest BCUT2D eigenvalue weighted by Gasteiger charge is -2.24. The van der Waals surface area contributed by atoms with Crippen molar-refractivity contribution in [3.8, 4) is 0 Å². The summed E-state index contributed by atoms with van der Waals surface area (Å²) in [4.78, 5) is 72.3. The molecule has 4 atom stereocenters. The average Bonchev–Trinajstić information content (AvgIpc) is 2.84. The molecule has 0 heterocycles. The molecule has 3 amide bonds. The lowest BCUT2D eigenvalue weighted by atomic mass is 10.0. The summed E-state index contributed by atoms with van der Waals surface area (Å²) in [6.07, 6.45) is -1.59. The molecule has 0 aliphatic rings. The van der Waals surface area contributed by atoms with Gasteiger partial charge in [0.05, 0.1) is 18.9 Å². The van der Waals surface area contributed by atoms with Gasteiger partial charge >= 0.3 is 17.9 Å². The van der Waals surface area contributed by atoms with Crippen LogP contribution in [-0.4, -0.2) is 87.6 Å². The molecule has 1 rings (SSSR count). The van der Waals surface area contributed by atoms with E-state index in [4.69, 9.17) is 16.9 Å². The van der Waals surface area contributed by atoms with Crippen molar-refractivity contribution in [3.05, 3.63) is 35.9 Å². The van der Waals surface area contributed by atoms with E-state index in [0.717, 1.165) is 0 Å². The normalized spacial score (nSPS) is 13.6. The van der Waals surface area contributed by atoms with Gasteiger partial charge in [0, 0.05) is 13.0 Å². The van der Waals surface area contributed by atoms with E-state index >= 15 is 0 Å². The van der Waals surface area contributed by atoms with Crippen LogP contribution in [0.4, 0.5) is 0 Å². The van der Waals surface area contributed by atoms with Gasteiger partial charge in [0.2, 0.25) is 17.7 Å². The van der Waals surface area contributed by atoms with Gasteiger partial charge in [0.15, 0.2) is 5.96 Å². The molecule has 214 valence electrons. The second kappa shape index (κ2) is 16.2. The molecule has 16 nitrogen and oxygen atoms in total. The first-order chi connectivity index (χ1) is 18.3. The van der Waals surface area contributed by atoms with E-state index in [2.05, 4.69) is 21.3 Å². The van der Waals surface area contributed by atoms with Crippen LogP contribution in [0.15, 0.2) is 30.3 Å². The number of nitrogens with two attached hydrogens (primary N) is 2. The SMILES string of the molecule is N=C(N)NCCC[C@H](N)C(=O)N[C@@H](CC(=O)O)C(=O)N[C@@H](CC(=O)O)C(=O)N[C@@H](Cc1ccccc1)C(=O)O. The second-order valence-electron chi connectivity index (χ2n) is 8.50. The summed E-state index contributed by atoms with van der Waals surface area (Å²) in [6.45, 7) is 0.239. The van der Waals surface area contributed by atoms with Crippen molar-refractivity contribution >= 4 is 41.6 Å². The maximum Gasteiger partial charge on any atom is 0.326 e. The van der Waals surface area contributed by atoms with Gasteiger partial charge in [-0.3, -0.25) is 29.4 Å². The number of aliphatic carboxylic acids is 3. The summed E-state index contributed by atoms with van der Waals surface area (Å²) >= 11 is 0. The van der Waals surface area contributed by atoms with Crippen LogP contribution in [0.25, 0.3) is 0 Å². The molecule has 0 saturated heterocycles. The Kier molecular flexibility index (Phi) is 13.4. The van der Waals surface area contributed by atoms with Gasteiger partial charge < -0.3 is 48.1 Å². The summed E-state index contributed by atoms with van der Waals surface area (Å²) in [5.41, 5.74) is 11.5. The maximum atomic E-state index is 12.8. The second-order valence-corrected chi connectivity index (χ2v) is 8.50. The van der Waals surface area contributed by atoms with Crippen molar-refractivity contribution in [1.82, 2.24) is 21.3 Å². The summed E-state index contributed by atoms with van der Waals surface area (Å²) < 4.78 is 0. The number of guanidine groups is 1. The third-order valence-corrected chi connectivity index (χ3v) is 5.26. The fraction of sp³-hybridized carbons (Fsp3) is 0.435. The molecule has 1 aromatic carbocycles. The van der Waals surface area contributed by atoms with E-state index in [1.807, 2.05) is 0 Å². The highest BCUT2D eigenvalue weighted by Gasteiger charge is 2.32. The number of hydrogen-bond donors (Lipinski definition) is 10. The number of benzene rings is 1. The number of carboxylic acids is 3. The molecule has 0 radical (unpaired) electrons. The van der Waals surface area contributed by atoms with E-state index in [1.54, 1.807) is 30.3 Å². The summed E-state index contributed by atoms with van der Waals surface area (Å²) in [6, 6.07) is 2.16. The van der Waals surface area contributed by atoms with Crippen LogP contribution in [0.3, 0.4) is 0 Å². The Morgan fingerprint density at radius 2 is 1.28 bits per heavy atom. The Hall–Kier alpha value is -4.73. The van der Waals surface area contributed by atoms with Gasteiger partial charge in [-0.25, -0.2) is 4.79 Å². The van der Waals surface area contributed by atoms with Crippen LogP contribution >= 0.6 is 0 Å². The quantitative estimate of drug-likeness (QED) is 0.0538. The van der Waals surface area contributed by atoms with E-state index in [-0.39, 0.29) is 25.3 Å². The van der Waals surface area contributed by atoms with Crippen molar-refractivity contribution in [2.24, 2.45) is 11.5 Å². The van der Waals surface area contributed by atoms with Gasteiger partial charge in [-0.05, 0) is 18.4 Å². The third kappa shape index (κ3) is 12.9. The largest absolute Gasteiger partial charge is 0.481 e. The van der Waals surface area contributed by atoms with Crippen molar-refractivity contribution in [3.63, 3.8) is 0 Å². The van der Waals surface area contributed by atoms with Crippen molar-refractivity contribution in [2.75, 3.05) is 6.54 Å². The van der Waals surface area contributed by atoms with Crippen molar-refractivity contribution < 1.29 is 44.1 Å². The molecule has 12 N–H and O–H groups in total. The number of hydrogen-bond acceptors (Lipinski definition) is 8. The smallest absolute Gasteiger partial charge is 0.326 e. The third-order valence-electron chi connectivity index (χ3n) is 5.26. The number of rotatable bonds is 17. The summed E-state index contributed by atoms with van der Waals surface area (Å²) in [7, 11) is 0. The zero-order valence-corrected chi connectivity index (χ0v) is 20.9.